The molecular weight excluding hydrogens is 324 g/mol. The van der Waals surface area contributed by atoms with E-state index in [1.807, 2.05) is 4.57 Å². The molecular formula is C19H17F2N3O. The maximum atomic E-state index is 13.9. The molecule has 4 rings (SSSR count). The Balaban J connectivity index is 1.81. The number of carbonyl (C=O) groups excluding carboxylic acids is 1. The Morgan fingerprint density at radius 3 is 2.64 bits per heavy atom. The molecule has 0 atom stereocenters. The van der Waals surface area contributed by atoms with Crippen LogP contribution in [0.4, 0.5) is 14.7 Å². The summed E-state index contributed by atoms with van der Waals surface area (Å²) in [6, 6.07) is 8.07. The third-order valence-electron chi connectivity index (χ3n) is 4.84. The molecule has 1 aliphatic carbocycles. The SMILES string of the molecule is Nc1nc2ccc(C(=O)c3cc(F)ccc3F)cc2n1C1CCCC1. The van der Waals surface area contributed by atoms with E-state index in [9.17, 15) is 13.6 Å². The lowest BCUT2D eigenvalue weighted by atomic mass is 10.0. The van der Waals surface area contributed by atoms with E-state index in [2.05, 4.69) is 4.98 Å². The van der Waals surface area contributed by atoms with Gasteiger partial charge >= 0.3 is 0 Å². The molecule has 4 nitrogen and oxygen atoms in total. The number of hydrogen-bond donors (Lipinski definition) is 1. The summed E-state index contributed by atoms with van der Waals surface area (Å²) in [7, 11) is 0. The Bertz CT molecular complexity index is 974. The van der Waals surface area contributed by atoms with Gasteiger partial charge in [0.05, 0.1) is 16.6 Å². The first kappa shape index (κ1) is 15.7. The summed E-state index contributed by atoms with van der Waals surface area (Å²) in [5, 5.41) is 0. The first-order valence-electron chi connectivity index (χ1n) is 8.32. The molecule has 25 heavy (non-hydrogen) atoms. The molecule has 1 heterocycles. The number of nitrogen functional groups attached to an aromatic ring is 1. The van der Waals surface area contributed by atoms with Gasteiger partial charge in [0.15, 0.2) is 5.78 Å². The molecule has 2 aromatic carbocycles. The normalized spacial score (nSPS) is 15.1. The van der Waals surface area contributed by atoms with Crippen molar-refractivity contribution in [3.8, 4) is 0 Å². The minimum Gasteiger partial charge on any atom is -0.369 e. The molecule has 1 saturated carbocycles. The maximum Gasteiger partial charge on any atom is 0.201 e. The van der Waals surface area contributed by atoms with Crippen LogP contribution in [0, 0.1) is 11.6 Å². The molecule has 128 valence electrons. The molecule has 0 radical (unpaired) electrons. The lowest BCUT2D eigenvalue weighted by Gasteiger charge is -2.14. The van der Waals surface area contributed by atoms with Crippen LogP contribution in [0.2, 0.25) is 0 Å². The number of carbonyl (C=O) groups is 1. The molecule has 0 bridgehead atoms. The van der Waals surface area contributed by atoms with Gasteiger partial charge in [0.2, 0.25) is 5.95 Å². The Labute approximate surface area is 143 Å². The first-order valence-corrected chi connectivity index (χ1v) is 8.32. The van der Waals surface area contributed by atoms with Gasteiger partial charge < -0.3 is 10.3 Å². The second kappa shape index (κ2) is 5.95. The fourth-order valence-electron chi connectivity index (χ4n) is 3.63. The average Bonchev–Trinajstić information content (AvgIpc) is 3.22. The van der Waals surface area contributed by atoms with Crippen molar-refractivity contribution in [1.82, 2.24) is 9.55 Å². The van der Waals surface area contributed by atoms with E-state index in [4.69, 9.17) is 5.73 Å². The van der Waals surface area contributed by atoms with Crippen molar-refractivity contribution < 1.29 is 13.6 Å². The van der Waals surface area contributed by atoms with E-state index in [0.717, 1.165) is 49.4 Å². The van der Waals surface area contributed by atoms with Crippen molar-refractivity contribution in [1.29, 1.82) is 0 Å². The van der Waals surface area contributed by atoms with Crippen molar-refractivity contribution in [2.24, 2.45) is 0 Å². The number of aromatic nitrogens is 2. The summed E-state index contributed by atoms with van der Waals surface area (Å²) in [4.78, 5) is 17.0. The number of nitrogens with zero attached hydrogens (tertiary/aromatic N) is 2. The average molecular weight is 341 g/mol. The highest BCUT2D eigenvalue weighted by Gasteiger charge is 2.23. The third-order valence-corrected chi connectivity index (χ3v) is 4.84. The summed E-state index contributed by atoms with van der Waals surface area (Å²) in [5.74, 6) is -1.53. The molecule has 6 heteroatoms. The van der Waals surface area contributed by atoms with Gasteiger partial charge in [0.1, 0.15) is 11.6 Å². The second-order valence-electron chi connectivity index (χ2n) is 6.44. The topological polar surface area (TPSA) is 60.9 Å². The van der Waals surface area contributed by atoms with E-state index in [0.29, 0.717) is 11.5 Å². The van der Waals surface area contributed by atoms with Crippen molar-refractivity contribution in [3.05, 3.63) is 59.2 Å². The Morgan fingerprint density at radius 1 is 1.12 bits per heavy atom. The van der Waals surface area contributed by atoms with Gasteiger partial charge in [-0.25, -0.2) is 13.8 Å². The number of ketones is 1. The molecule has 1 aromatic heterocycles. The second-order valence-corrected chi connectivity index (χ2v) is 6.44. The van der Waals surface area contributed by atoms with Crippen LogP contribution in [-0.4, -0.2) is 15.3 Å². The van der Waals surface area contributed by atoms with Gasteiger partial charge in [0.25, 0.3) is 0 Å². The predicted octanol–water partition coefficient (Wildman–Crippen LogP) is 4.24. The van der Waals surface area contributed by atoms with E-state index in [-0.39, 0.29) is 17.2 Å². The first-order chi connectivity index (χ1) is 12.0. The fourth-order valence-corrected chi connectivity index (χ4v) is 3.63. The number of hydrogen-bond acceptors (Lipinski definition) is 3. The molecule has 2 N–H and O–H groups in total. The maximum absolute atomic E-state index is 13.9. The Morgan fingerprint density at radius 2 is 1.88 bits per heavy atom. The summed E-state index contributed by atoms with van der Waals surface area (Å²) in [5.41, 5.74) is 7.53. The standard InChI is InChI=1S/C19H17F2N3O/c20-12-6-7-15(21)14(10-12)18(25)11-5-8-16-17(9-11)24(19(22)23-16)13-3-1-2-4-13/h5-10,13H,1-4H2,(H2,22,23). The molecule has 1 aliphatic rings. The van der Waals surface area contributed by atoms with Gasteiger partial charge in [-0.2, -0.15) is 0 Å². The summed E-state index contributed by atoms with van der Waals surface area (Å²) in [6.45, 7) is 0. The lowest BCUT2D eigenvalue weighted by molar-refractivity contribution is 0.103. The van der Waals surface area contributed by atoms with Crippen molar-refractivity contribution in [2.45, 2.75) is 31.7 Å². The molecule has 0 spiro atoms. The summed E-state index contributed by atoms with van der Waals surface area (Å²) in [6.07, 6.45) is 4.31. The van der Waals surface area contributed by atoms with Crippen molar-refractivity contribution in [2.75, 3.05) is 5.73 Å². The van der Waals surface area contributed by atoms with Gasteiger partial charge in [-0.15, -0.1) is 0 Å². The number of anilines is 1. The van der Waals surface area contributed by atoms with Gasteiger partial charge in [-0.1, -0.05) is 12.8 Å². The monoisotopic (exact) mass is 341 g/mol. The van der Waals surface area contributed by atoms with Crippen LogP contribution >= 0.6 is 0 Å². The minimum atomic E-state index is -0.740. The molecule has 0 unspecified atom stereocenters. The quantitative estimate of drug-likeness (QED) is 0.725. The zero-order valence-electron chi connectivity index (χ0n) is 13.5. The summed E-state index contributed by atoms with van der Waals surface area (Å²) >= 11 is 0. The Hall–Kier alpha value is -2.76. The highest BCUT2D eigenvalue weighted by Crippen LogP contribution is 2.35. The van der Waals surface area contributed by atoms with Gasteiger partial charge in [0, 0.05) is 11.6 Å². The summed E-state index contributed by atoms with van der Waals surface area (Å²) < 4.78 is 29.3. The van der Waals surface area contributed by atoms with E-state index < -0.39 is 17.4 Å². The van der Waals surface area contributed by atoms with Crippen LogP contribution in [0.25, 0.3) is 11.0 Å². The molecule has 0 aliphatic heterocycles. The molecule has 0 amide bonds. The van der Waals surface area contributed by atoms with Crippen LogP contribution in [0.5, 0.6) is 0 Å². The smallest absolute Gasteiger partial charge is 0.201 e. The third kappa shape index (κ3) is 2.67. The number of imidazole rings is 1. The predicted molar refractivity (Wildman–Crippen MR) is 91.4 cm³/mol. The zero-order chi connectivity index (χ0) is 17.6. The highest BCUT2D eigenvalue weighted by atomic mass is 19.1. The molecule has 0 saturated heterocycles. The van der Waals surface area contributed by atoms with Crippen molar-refractivity contribution >= 4 is 22.8 Å². The van der Waals surface area contributed by atoms with Gasteiger partial charge in [-0.3, -0.25) is 4.79 Å². The van der Waals surface area contributed by atoms with Crippen LogP contribution in [0.15, 0.2) is 36.4 Å². The van der Waals surface area contributed by atoms with E-state index in [1.165, 1.54) is 0 Å². The van der Waals surface area contributed by atoms with Crippen LogP contribution in [-0.2, 0) is 0 Å². The van der Waals surface area contributed by atoms with Gasteiger partial charge in [-0.05, 0) is 49.2 Å². The zero-order valence-corrected chi connectivity index (χ0v) is 13.5. The fraction of sp³-hybridized carbons (Fsp3) is 0.263. The Kier molecular flexibility index (Phi) is 3.75. The van der Waals surface area contributed by atoms with Crippen LogP contribution in [0.1, 0.15) is 47.6 Å². The number of benzene rings is 2. The largest absolute Gasteiger partial charge is 0.369 e. The molecule has 1 fully saturated rings. The van der Waals surface area contributed by atoms with Crippen LogP contribution in [0.3, 0.4) is 0 Å². The lowest BCUT2D eigenvalue weighted by Crippen LogP contribution is -2.09. The minimum absolute atomic E-state index is 0.265. The number of rotatable bonds is 3. The number of nitrogens with two attached hydrogens (primary N) is 1. The van der Waals surface area contributed by atoms with E-state index >= 15 is 0 Å². The van der Waals surface area contributed by atoms with E-state index in [1.54, 1.807) is 18.2 Å². The number of fused-ring (bicyclic) bond motifs is 1. The van der Waals surface area contributed by atoms with Crippen LogP contribution < -0.4 is 5.73 Å². The van der Waals surface area contributed by atoms with Crippen molar-refractivity contribution in [3.63, 3.8) is 0 Å². The highest BCUT2D eigenvalue weighted by molar-refractivity contribution is 6.10. The molecule has 3 aromatic rings. The number of halogens is 2.